The molecule has 154 valence electrons. The standard InChI is InChI=1S/C24H24N2O3S/c27-24(26-17-9-13-21-12-7-8-16-23(21)26)19-25(18-20-10-3-1-4-11-20)30(28,29)22-14-5-2-6-15-22/h1-8,10-12,14-16H,9,13,17-19H2. The molecule has 1 amide bonds. The largest absolute Gasteiger partial charge is 0.311 e. The van der Waals surface area contributed by atoms with Gasteiger partial charge in [-0.15, -0.1) is 0 Å². The van der Waals surface area contributed by atoms with Crippen LogP contribution >= 0.6 is 0 Å². The summed E-state index contributed by atoms with van der Waals surface area (Å²) >= 11 is 0. The Kier molecular flexibility index (Phi) is 5.97. The maximum Gasteiger partial charge on any atom is 0.243 e. The van der Waals surface area contributed by atoms with Crippen LogP contribution in [0.3, 0.4) is 0 Å². The summed E-state index contributed by atoms with van der Waals surface area (Å²) in [6.45, 7) is 0.528. The number of carbonyl (C=O) groups is 1. The Balaban J connectivity index is 1.64. The molecule has 30 heavy (non-hydrogen) atoms. The Bertz CT molecular complexity index is 1120. The maximum absolute atomic E-state index is 13.4. The fourth-order valence-corrected chi connectivity index (χ4v) is 5.18. The molecule has 3 aromatic carbocycles. The number of nitrogens with zero attached hydrogens (tertiary/aromatic N) is 2. The van der Waals surface area contributed by atoms with Crippen molar-refractivity contribution >= 4 is 21.6 Å². The molecule has 0 unspecified atom stereocenters. The lowest BCUT2D eigenvalue weighted by Crippen LogP contribution is -2.44. The first-order chi connectivity index (χ1) is 14.6. The third kappa shape index (κ3) is 4.30. The second-order valence-electron chi connectivity index (χ2n) is 7.35. The summed E-state index contributed by atoms with van der Waals surface area (Å²) in [4.78, 5) is 15.2. The van der Waals surface area contributed by atoms with Crippen molar-refractivity contribution in [1.82, 2.24) is 4.31 Å². The summed E-state index contributed by atoms with van der Waals surface area (Å²) in [7, 11) is -3.82. The van der Waals surface area contributed by atoms with Crippen LogP contribution in [-0.2, 0) is 27.8 Å². The monoisotopic (exact) mass is 420 g/mol. The minimum Gasteiger partial charge on any atom is -0.311 e. The lowest BCUT2D eigenvalue weighted by Gasteiger charge is -2.31. The van der Waals surface area contributed by atoms with Crippen LogP contribution < -0.4 is 4.90 Å². The predicted octanol–water partition coefficient (Wildman–Crippen LogP) is 3.86. The molecule has 0 saturated carbocycles. The molecule has 0 bridgehead atoms. The van der Waals surface area contributed by atoms with Crippen LogP contribution in [0, 0.1) is 0 Å². The first kappa shape index (κ1) is 20.3. The normalized spacial score (nSPS) is 13.8. The predicted molar refractivity (Wildman–Crippen MR) is 118 cm³/mol. The molecule has 0 aliphatic carbocycles. The van der Waals surface area contributed by atoms with E-state index in [1.165, 1.54) is 4.31 Å². The quantitative estimate of drug-likeness (QED) is 0.609. The van der Waals surface area contributed by atoms with E-state index in [-0.39, 0.29) is 23.9 Å². The van der Waals surface area contributed by atoms with Crippen molar-refractivity contribution in [2.75, 3.05) is 18.0 Å². The highest BCUT2D eigenvalue weighted by Crippen LogP contribution is 2.27. The maximum atomic E-state index is 13.4. The van der Waals surface area contributed by atoms with E-state index in [9.17, 15) is 13.2 Å². The van der Waals surface area contributed by atoms with Gasteiger partial charge in [0, 0.05) is 18.8 Å². The molecule has 0 N–H and O–H groups in total. The van der Waals surface area contributed by atoms with Crippen molar-refractivity contribution in [2.45, 2.75) is 24.3 Å². The van der Waals surface area contributed by atoms with E-state index in [2.05, 4.69) is 0 Å². The fraction of sp³-hybridized carbons (Fsp3) is 0.208. The fourth-order valence-electron chi connectivity index (χ4n) is 3.78. The molecule has 1 aliphatic rings. The average Bonchev–Trinajstić information content (AvgIpc) is 2.79. The molecule has 1 aliphatic heterocycles. The van der Waals surface area contributed by atoms with Gasteiger partial charge in [0.1, 0.15) is 0 Å². The number of fused-ring (bicyclic) bond motifs is 1. The molecule has 3 aromatic rings. The minimum atomic E-state index is -3.82. The van der Waals surface area contributed by atoms with Crippen LogP contribution in [0.2, 0.25) is 0 Å². The molecule has 0 radical (unpaired) electrons. The van der Waals surface area contributed by atoms with Gasteiger partial charge in [0.05, 0.1) is 11.4 Å². The second kappa shape index (κ2) is 8.81. The van der Waals surface area contributed by atoms with Crippen LogP contribution in [0.4, 0.5) is 5.69 Å². The molecule has 0 saturated heterocycles. The van der Waals surface area contributed by atoms with Crippen LogP contribution in [0.1, 0.15) is 17.5 Å². The van der Waals surface area contributed by atoms with Gasteiger partial charge >= 0.3 is 0 Å². The Morgan fingerprint density at radius 1 is 0.867 bits per heavy atom. The third-order valence-electron chi connectivity index (χ3n) is 5.31. The zero-order valence-electron chi connectivity index (χ0n) is 16.6. The Hall–Kier alpha value is -2.96. The van der Waals surface area contributed by atoms with Gasteiger partial charge in [-0.1, -0.05) is 66.7 Å². The Morgan fingerprint density at radius 3 is 2.23 bits per heavy atom. The Morgan fingerprint density at radius 2 is 1.50 bits per heavy atom. The molecule has 1 heterocycles. The van der Waals surface area contributed by atoms with E-state index in [1.54, 1.807) is 35.2 Å². The number of sulfonamides is 1. The van der Waals surface area contributed by atoms with Gasteiger partial charge in [-0.2, -0.15) is 4.31 Å². The Labute approximate surface area is 177 Å². The molecular weight excluding hydrogens is 396 g/mol. The van der Waals surface area contributed by atoms with Crippen LogP contribution in [0.5, 0.6) is 0 Å². The van der Waals surface area contributed by atoms with Crippen molar-refractivity contribution in [3.05, 3.63) is 96.1 Å². The van der Waals surface area contributed by atoms with Crippen LogP contribution in [0.25, 0.3) is 0 Å². The summed E-state index contributed by atoms with van der Waals surface area (Å²) in [6, 6.07) is 25.5. The summed E-state index contributed by atoms with van der Waals surface area (Å²) < 4.78 is 28.0. The van der Waals surface area contributed by atoms with Crippen molar-refractivity contribution in [1.29, 1.82) is 0 Å². The number of anilines is 1. The lowest BCUT2D eigenvalue weighted by molar-refractivity contribution is -0.119. The number of rotatable bonds is 6. The number of hydrogen-bond donors (Lipinski definition) is 0. The molecular formula is C24H24N2O3S. The van der Waals surface area contributed by atoms with Gasteiger partial charge in [-0.3, -0.25) is 4.79 Å². The number of amides is 1. The molecule has 4 rings (SSSR count). The number of carbonyl (C=O) groups excluding carboxylic acids is 1. The highest BCUT2D eigenvalue weighted by Gasteiger charge is 2.30. The van der Waals surface area contributed by atoms with E-state index >= 15 is 0 Å². The molecule has 0 atom stereocenters. The second-order valence-corrected chi connectivity index (χ2v) is 9.29. The topological polar surface area (TPSA) is 57.7 Å². The van der Waals surface area contributed by atoms with E-state index in [0.717, 1.165) is 29.7 Å². The molecule has 0 spiro atoms. The zero-order chi connectivity index (χ0) is 21.0. The first-order valence-corrected chi connectivity index (χ1v) is 11.5. The number of benzene rings is 3. The molecule has 0 aromatic heterocycles. The number of para-hydroxylation sites is 1. The third-order valence-corrected chi connectivity index (χ3v) is 7.11. The van der Waals surface area contributed by atoms with Gasteiger partial charge in [0.15, 0.2) is 0 Å². The number of aryl methyl sites for hydroxylation is 1. The summed E-state index contributed by atoms with van der Waals surface area (Å²) in [6.07, 6.45) is 1.79. The highest BCUT2D eigenvalue weighted by molar-refractivity contribution is 7.89. The van der Waals surface area contributed by atoms with Crippen molar-refractivity contribution < 1.29 is 13.2 Å². The summed E-state index contributed by atoms with van der Waals surface area (Å²) in [5, 5.41) is 0. The lowest BCUT2D eigenvalue weighted by atomic mass is 10.0. The first-order valence-electron chi connectivity index (χ1n) is 10.0. The van der Waals surface area contributed by atoms with Crippen LogP contribution in [0.15, 0.2) is 89.8 Å². The number of hydrogen-bond acceptors (Lipinski definition) is 3. The highest BCUT2D eigenvalue weighted by atomic mass is 32.2. The van der Waals surface area contributed by atoms with Gasteiger partial charge in [0.25, 0.3) is 0 Å². The van der Waals surface area contributed by atoms with Gasteiger partial charge in [-0.25, -0.2) is 8.42 Å². The van der Waals surface area contributed by atoms with Gasteiger partial charge < -0.3 is 4.90 Å². The SMILES string of the molecule is O=C(CN(Cc1ccccc1)S(=O)(=O)c1ccccc1)N1CCCc2ccccc21. The van der Waals surface area contributed by atoms with Crippen molar-refractivity contribution in [3.63, 3.8) is 0 Å². The summed E-state index contributed by atoms with van der Waals surface area (Å²) in [5.41, 5.74) is 2.84. The van der Waals surface area contributed by atoms with Crippen molar-refractivity contribution in [2.24, 2.45) is 0 Å². The van der Waals surface area contributed by atoms with Gasteiger partial charge in [0.2, 0.25) is 15.9 Å². The van der Waals surface area contributed by atoms with Crippen molar-refractivity contribution in [3.8, 4) is 0 Å². The summed E-state index contributed by atoms with van der Waals surface area (Å²) in [5.74, 6) is -0.211. The molecule has 5 nitrogen and oxygen atoms in total. The smallest absolute Gasteiger partial charge is 0.243 e. The zero-order valence-corrected chi connectivity index (χ0v) is 17.5. The van der Waals surface area contributed by atoms with Crippen LogP contribution in [-0.4, -0.2) is 31.7 Å². The average molecular weight is 421 g/mol. The minimum absolute atomic E-state index is 0.138. The van der Waals surface area contributed by atoms with E-state index in [1.807, 2.05) is 54.6 Å². The molecule has 6 heteroatoms. The molecule has 0 fully saturated rings. The van der Waals surface area contributed by atoms with Gasteiger partial charge in [-0.05, 0) is 42.2 Å². The van der Waals surface area contributed by atoms with E-state index in [0.29, 0.717) is 6.54 Å². The van der Waals surface area contributed by atoms with E-state index < -0.39 is 10.0 Å². The van der Waals surface area contributed by atoms with E-state index in [4.69, 9.17) is 0 Å².